The van der Waals surface area contributed by atoms with Crippen LogP contribution in [-0.4, -0.2) is 27.4 Å². The van der Waals surface area contributed by atoms with Crippen LogP contribution in [0, 0.1) is 0 Å². The fourth-order valence-corrected chi connectivity index (χ4v) is 1.62. The van der Waals surface area contributed by atoms with Gasteiger partial charge in [-0.1, -0.05) is 0 Å². The molecule has 5 heteroatoms. The highest BCUT2D eigenvalue weighted by Gasteiger charge is 2.22. The van der Waals surface area contributed by atoms with Crippen molar-refractivity contribution in [1.82, 2.24) is 10.2 Å². The number of rotatable bonds is 1. The molecule has 2 rings (SSSR count). The van der Waals surface area contributed by atoms with Crippen LogP contribution >= 0.6 is 0 Å². The minimum atomic E-state index is -0.975. The van der Waals surface area contributed by atoms with Crippen LogP contribution < -0.4 is 0 Å². The highest BCUT2D eigenvalue weighted by Crippen LogP contribution is 2.20. The Morgan fingerprint density at radius 2 is 2.50 bits per heavy atom. The Balaban J connectivity index is 2.33. The number of aromatic carboxylic acids is 1. The lowest BCUT2D eigenvalue weighted by atomic mass is 10.1. The Labute approximate surface area is 81.1 Å². The molecule has 0 radical (unpaired) electrons. The van der Waals surface area contributed by atoms with E-state index in [4.69, 9.17) is 9.84 Å². The van der Waals surface area contributed by atoms with Crippen molar-refractivity contribution in [2.24, 2.45) is 0 Å². The van der Waals surface area contributed by atoms with Crippen LogP contribution in [-0.2, 0) is 17.8 Å². The van der Waals surface area contributed by atoms with Crippen molar-refractivity contribution in [3.8, 4) is 0 Å². The zero-order valence-corrected chi connectivity index (χ0v) is 7.91. The highest BCUT2D eigenvalue weighted by atomic mass is 16.5. The smallest absolute Gasteiger partial charge is 0.356 e. The predicted octanol–water partition coefficient (Wildman–Crippen LogP) is 0.959. The molecule has 0 spiro atoms. The van der Waals surface area contributed by atoms with Crippen LogP contribution in [0.25, 0.3) is 0 Å². The van der Waals surface area contributed by atoms with Crippen molar-refractivity contribution in [1.29, 1.82) is 0 Å². The van der Waals surface area contributed by atoms with Crippen molar-refractivity contribution < 1.29 is 14.6 Å². The van der Waals surface area contributed by atoms with Crippen molar-refractivity contribution in [2.75, 3.05) is 0 Å². The predicted molar refractivity (Wildman–Crippen MR) is 48.1 cm³/mol. The van der Waals surface area contributed by atoms with Gasteiger partial charge in [0.15, 0.2) is 5.69 Å². The van der Waals surface area contributed by atoms with Gasteiger partial charge < -0.3 is 9.84 Å². The largest absolute Gasteiger partial charge is 0.476 e. The molecule has 0 saturated carbocycles. The normalized spacial score (nSPS) is 21.4. The van der Waals surface area contributed by atoms with E-state index in [1.807, 2.05) is 6.92 Å². The van der Waals surface area contributed by atoms with Crippen LogP contribution in [0.15, 0.2) is 0 Å². The summed E-state index contributed by atoms with van der Waals surface area (Å²) in [4.78, 5) is 10.8. The van der Waals surface area contributed by atoms with Crippen LogP contribution in [0.5, 0.6) is 0 Å². The maximum Gasteiger partial charge on any atom is 0.356 e. The van der Waals surface area contributed by atoms with Crippen LogP contribution in [0.4, 0.5) is 0 Å². The highest BCUT2D eigenvalue weighted by molar-refractivity contribution is 5.87. The summed E-state index contributed by atoms with van der Waals surface area (Å²) in [5, 5.41) is 15.3. The molecule has 1 aliphatic rings. The topological polar surface area (TPSA) is 75.2 Å². The van der Waals surface area contributed by atoms with Gasteiger partial charge >= 0.3 is 5.97 Å². The molecule has 1 unspecified atom stereocenters. The van der Waals surface area contributed by atoms with Crippen LogP contribution in [0.1, 0.15) is 35.1 Å². The second kappa shape index (κ2) is 3.42. The van der Waals surface area contributed by atoms with Gasteiger partial charge in [-0.2, -0.15) is 5.10 Å². The molecule has 1 aromatic heterocycles. The van der Waals surface area contributed by atoms with E-state index in [1.54, 1.807) is 0 Å². The van der Waals surface area contributed by atoms with Crippen molar-refractivity contribution >= 4 is 5.97 Å². The third-order valence-corrected chi connectivity index (χ3v) is 2.47. The van der Waals surface area contributed by atoms with Crippen molar-refractivity contribution in [3.05, 3.63) is 17.0 Å². The molecule has 14 heavy (non-hydrogen) atoms. The number of ether oxygens (including phenoxy) is 1. The zero-order valence-electron chi connectivity index (χ0n) is 7.91. The second-order valence-electron chi connectivity index (χ2n) is 3.49. The average Bonchev–Trinajstić information content (AvgIpc) is 2.46. The minimum absolute atomic E-state index is 0.137. The summed E-state index contributed by atoms with van der Waals surface area (Å²) in [6.07, 6.45) is 1.74. The van der Waals surface area contributed by atoms with E-state index >= 15 is 0 Å². The fraction of sp³-hybridized carbons (Fsp3) is 0.556. The molecule has 0 saturated heterocycles. The van der Waals surface area contributed by atoms with Gasteiger partial charge in [-0.05, 0) is 19.8 Å². The minimum Gasteiger partial charge on any atom is -0.476 e. The summed E-state index contributed by atoms with van der Waals surface area (Å²) in [6, 6.07) is 0. The molecule has 0 amide bonds. The van der Waals surface area contributed by atoms with E-state index in [1.165, 1.54) is 0 Å². The lowest BCUT2D eigenvalue weighted by Gasteiger charge is -2.06. The van der Waals surface area contributed by atoms with E-state index in [2.05, 4.69) is 10.2 Å². The zero-order chi connectivity index (χ0) is 10.1. The summed E-state index contributed by atoms with van der Waals surface area (Å²) in [5.41, 5.74) is 1.73. The molecule has 0 aromatic carbocycles. The standard InChI is InChI=1S/C9H12N2O3/c1-5-2-3-6-7(4-14-5)10-11-8(6)9(12)13/h5H,2-4H2,1H3,(H,10,11)(H,12,13). The van der Waals surface area contributed by atoms with Gasteiger partial charge in [-0.3, -0.25) is 5.10 Å². The average molecular weight is 196 g/mol. The number of aromatic nitrogens is 2. The molecular weight excluding hydrogens is 184 g/mol. The molecule has 1 aliphatic heterocycles. The Hall–Kier alpha value is -1.36. The molecule has 2 N–H and O–H groups in total. The summed E-state index contributed by atoms with van der Waals surface area (Å²) >= 11 is 0. The van der Waals surface area contributed by atoms with Gasteiger partial charge in [0.1, 0.15) is 0 Å². The number of carboxylic acid groups (broad SMARTS) is 1. The third-order valence-electron chi connectivity index (χ3n) is 2.47. The summed E-state index contributed by atoms with van der Waals surface area (Å²) < 4.78 is 5.46. The maximum atomic E-state index is 10.8. The third kappa shape index (κ3) is 1.50. The number of nitrogens with zero attached hydrogens (tertiary/aromatic N) is 1. The first kappa shape index (κ1) is 9.21. The quantitative estimate of drug-likeness (QED) is 0.701. The first-order valence-corrected chi connectivity index (χ1v) is 4.59. The number of nitrogens with one attached hydrogen (secondary N) is 1. The second-order valence-corrected chi connectivity index (χ2v) is 3.49. The lowest BCUT2D eigenvalue weighted by molar-refractivity contribution is 0.0516. The van der Waals surface area contributed by atoms with Crippen molar-refractivity contribution in [2.45, 2.75) is 32.5 Å². The molecule has 0 bridgehead atoms. The van der Waals surface area contributed by atoms with Gasteiger partial charge in [-0.15, -0.1) is 0 Å². The molecule has 1 aromatic rings. The van der Waals surface area contributed by atoms with E-state index in [-0.39, 0.29) is 11.8 Å². The molecule has 1 atom stereocenters. The summed E-state index contributed by atoms with van der Waals surface area (Å²) in [6.45, 7) is 2.41. The number of H-pyrrole nitrogens is 1. The number of hydrogen-bond acceptors (Lipinski definition) is 3. The molecule has 0 fully saturated rings. The van der Waals surface area contributed by atoms with E-state index < -0.39 is 5.97 Å². The number of hydrogen-bond donors (Lipinski definition) is 2. The van der Waals surface area contributed by atoms with E-state index in [9.17, 15) is 4.79 Å². The number of aromatic amines is 1. The molecule has 2 heterocycles. The number of fused-ring (bicyclic) bond motifs is 1. The Morgan fingerprint density at radius 1 is 1.71 bits per heavy atom. The summed E-state index contributed by atoms with van der Waals surface area (Å²) in [7, 11) is 0. The molecule has 76 valence electrons. The molecular formula is C9H12N2O3. The lowest BCUT2D eigenvalue weighted by Crippen LogP contribution is -2.06. The van der Waals surface area contributed by atoms with Gasteiger partial charge in [0.25, 0.3) is 0 Å². The fourth-order valence-electron chi connectivity index (χ4n) is 1.62. The maximum absolute atomic E-state index is 10.8. The Kier molecular flexibility index (Phi) is 2.25. The monoisotopic (exact) mass is 196 g/mol. The van der Waals surface area contributed by atoms with Crippen molar-refractivity contribution in [3.63, 3.8) is 0 Å². The van der Waals surface area contributed by atoms with E-state index in [0.717, 1.165) is 17.7 Å². The van der Waals surface area contributed by atoms with Gasteiger partial charge in [0, 0.05) is 5.56 Å². The number of carboxylic acids is 1. The SMILES string of the molecule is CC1CCc2c(C(=O)O)n[nH]c2CO1. The molecule has 5 nitrogen and oxygen atoms in total. The number of carbonyl (C=O) groups is 1. The Morgan fingerprint density at radius 3 is 3.21 bits per heavy atom. The van der Waals surface area contributed by atoms with Crippen LogP contribution in [0.2, 0.25) is 0 Å². The summed E-state index contributed by atoms with van der Waals surface area (Å²) in [5.74, 6) is -0.975. The van der Waals surface area contributed by atoms with E-state index in [0.29, 0.717) is 13.0 Å². The first-order valence-electron chi connectivity index (χ1n) is 4.59. The van der Waals surface area contributed by atoms with Gasteiger partial charge in [0.2, 0.25) is 0 Å². The van der Waals surface area contributed by atoms with Gasteiger partial charge in [0.05, 0.1) is 18.4 Å². The first-order chi connectivity index (χ1) is 6.68. The van der Waals surface area contributed by atoms with Crippen LogP contribution in [0.3, 0.4) is 0 Å². The Bertz CT molecular complexity index is 359. The van der Waals surface area contributed by atoms with Gasteiger partial charge in [-0.25, -0.2) is 4.79 Å². The molecule has 0 aliphatic carbocycles.